The molecule has 2 heteroatoms. The number of aromatic nitrogens is 2. The van der Waals surface area contributed by atoms with Gasteiger partial charge in [0, 0.05) is 11.8 Å². The molecular weight excluding hydrogens is 232 g/mol. The first-order valence-electron chi connectivity index (χ1n) is 6.45. The average Bonchev–Trinajstić information content (AvgIpc) is 2.89. The molecule has 0 aliphatic carbocycles. The Morgan fingerprint density at radius 1 is 0.947 bits per heavy atom. The van der Waals surface area contributed by atoms with Crippen LogP contribution in [0.4, 0.5) is 0 Å². The third-order valence-corrected chi connectivity index (χ3v) is 3.28. The summed E-state index contributed by atoms with van der Waals surface area (Å²) in [6.45, 7) is 2.94. The first-order chi connectivity index (χ1) is 9.33. The molecule has 2 nitrogen and oxygen atoms in total. The fourth-order valence-corrected chi connectivity index (χ4v) is 2.26. The summed E-state index contributed by atoms with van der Waals surface area (Å²) in [4.78, 5) is 0. The van der Waals surface area contributed by atoms with E-state index >= 15 is 0 Å². The second kappa shape index (κ2) is 5.11. The molecule has 0 N–H and O–H groups in total. The number of rotatable bonds is 3. The van der Waals surface area contributed by atoms with Crippen molar-refractivity contribution in [3.8, 4) is 11.1 Å². The molecule has 0 unspecified atom stereocenters. The molecule has 3 rings (SSSR count). The van der Waals surface area contributed by atoms with E-state index in [-0.39, 0.29) is 0 Å². The minimum atomic E-state index is 0.812. The average molecular weight is 248 g/mol. The molecule has 0 amide bonds. The largest absolute Gasteiger partial charge is 0.268 e. The predicted octanol–water partition coefficient (Wildman–Crippen LogP) is 3.91. The van der Waals surface area contributed by atoms with E-state index in [1.54, 1.807) is 0 Å². The zero-order valence-corrected chi connectivity index (χ0v) is 11.0. The van der Waals surface area contributed by atoms with Crippen LogP contribution >= 0.6 is 0 Å². The molecule has 0 aliphatic rings. The first kappa shape index (κ1) is 11.7. The van der Waals surface area contributed by atoms with Crippen LogP contribution in [0.1, 0.15) is 11.1 Å². The van der Waals surface area contributed by atoms with Gasteiger partial charge in [0.05, 0.1) is 12.7 Å². The van der Waals surface area contributed by atoms with E-state index in [9.17, 15) is 0 Å². The smallest absolute Gasteiger partial charge is 0.0659 e. The lowest BCUT2D eigenvalue weighted by Gasteiger charge is -2.02. The summed E-state index contributed by atoms with van der Waals surface area (Å²) < 4.78 is 1.98. The van der Waals surface area contributed by atoms with Crippen LogP contribution in [-0.2, 0) is 6.54 Å². The molecule has 0 radical (unpaired) electrons. The van der Waals surface area contributed by atoms with Crippen molar-refractivity contribution >= 4 is 0 Å². The van der Waals surface area contributed by atoms with E-state index in [0.29, 0.717) is 0 Å². The van der Waals surface area contributed by atoms with Crippen molar-refractivity contribution in [2.24, 2.45) is 0 Å². The highest BCUT2D eigenvalue weighted by Crippen LogP contribution is 2.22. The molecule has 0 atom stereocenters. The number of hydrogen-bond acceptors (Lipinski definition) is 1. The van der Waals surface area contributed by atoms with E-state index in [4.69, 9.17) is 0 Å². The highest BCUT2D eigenvalue weighted by molar-refractivity contribution is 5.65. The molecule has 0 fully saturated rings. The van der Waals surface area contributed by atoms with Crippen LogP contribution in [0.2, 0.25) is 0 Å². The molecule has 1 aromatic heterocycles. The van der Waals surface area contributed by atoms with Crippen LogP contribution < -0.4 is 0 Å². The van der Waals surface area contributed by atoms with Gasteiger partial charge < -0.3 is 0 Å². The molecule has 0 aliphatic heterocycles. The maximum atomic E-state index is 4.45. The van der Waals surface area contributed by atoms with Crippen LogP contribution in [0.15, 0.2) is 67.0 Å². The van der Waals surface area contributed by atoms with Gasteiger partial charge in [-0.25, -0.2) is 0 Å². The van der Waals surface area contributed by atoms with Gasteiger partial charge in [-0.1, -0.05) is 54.6 Å². The van der Waals surface area contributed by atoms with Crippen molar-refractivity contribution in [1.82, 2.24) is 9.78 Å². The maximum Gasteiger partial charge on any atom is 0.0659 e. The van der Waals surface area contributed by atoms with Crippen molar-refractivity contribution in [2.75, 3.05) is 0 Å². The Morgan fingerprint density at radius 2 is 1.68 bits per heavy atom. The van der Waals surface area contributed by atoms with Crippen molar-refractivity contribution in [3.05, 3.63) is 78.1 Å². The third kappa shape index (κ3) is 2.58. The Kier molecular flexibility index (Phi) is 3.15. The van der Waals surface area contributed by atoms with Crippen LogP contribution in [-0.4, -0.2) is 9.78 Å². The van der Waals surface area contributed by atoms with E-state index in [1.165, 1.54) is 22.3 Å². The minimum Gasteiger partial charge on any atom is -0.268 e. The second-order valence-electron chi connectivity index (χ2n) is 4.73. The van der Waals surface area contributed by atoms with Crippen molar-refractivity contribution in [2.45, 2.75) is 13.5 Å². The topological polar surface area (TPSA) is 17.8 Å². The van der Waals surface area contributed by atoms with Crippen LogP contribution in [0.3, 0.4) is 0 Å². The summed E-state index contributed by atoms with van der Waals surface area (Å²) in [7, 11) is 0. The Balaban J connectivity index is 1.86. The predicted molar refractivity (Wildman–Crippen MR) is 77.9 cm³/mol. The van der Waals surface area contributed by atoms with Gasteiger partial charge in [0.1, 0.15) is 0 Å². The summed E-state index contributed by atoms with van der Waals surface area (Å²) >= 11 is 0. The zero-order chi connectivity index (χ0) is 13.1. The quantitative estimate of drug-likeness (QED) is 0.687. The summed E-state index contributed by atoms with van der Waals surface area (Å²) in [6, 6.07) is 18.8. The van der Waals surface area contributed by atoms with Gasteiger partial charge in [0.2, 0.25) is 0 Å². The van der Waals surface area contributed by atoms with Crippen molar-refractivity contribution < 1.29 is 0 Å². The monoisotopic (exact) mass is 248 g/mol. The van der Waals surface area contributed by atoms with Gasteiger partial charge in [-0.15, -0.1) is 0 Å². The number of hydrogen-bond donors (Lipinski definition) is 0. The first-order valence-corrected chi connectivity index (χ1v) is 6.45. The molecule has 1 heterocycles. The van der Waals surface area contributed by atoms with Gasteiger partial charge in [-0.2, -0.15) is 5.10 Å². The lowest BCUT2D eigenvalue weighted by Crippen LogP contribution is -1.99. The molecule has 2 aromatic carbocycles. The Hall–Kier alpha value is -2.35. The highest BCUT2D eigenvalue weighted by atomic mass is 15.3. The molecule has 0 spiro atoms. The normalized spacial score (nSPS) is 10.6. The second-order valence-corrected chi connectivity index (χ2v) is 4.73. The lowest BCUT2D eigenvalue weighted by molar-refractivity contribution is 0.687. The molecule has 3 aromatic rings. The molecule has 94 valence electrons. The van der Waals surface area contributed by atoms with Crippen LogP contribution in [0.5, 0.6) is 0 Å². The highest BCUT2D eigenvalue weighted by Gasteiger charge is 2.04. The molecule has 19 heavy (non-hydrogen) atoms. The summed E-state index contributed by atoms with van der Waals surface area (Å²) in [5, 5.41) is 4.45. The summed E-state index contributed by atoms with van der Waals surface area (Å²) in [6.07, 6.45) is 4.04. The van der Waals surface area contributed by atoms with Crippen LogP contribution in [0, 0.1) is 6.92 Å². The van der Waals surface area contributed by atoms with E-state index < -0.39 is 0 Å². The number of nitrogens with zero attached hydrogens (tertiary/aromatic N) is 2. The molecule has 0 saturated carbocycles. The van der Waals surface area contributed by atoms with Gasteiger partial charge in [0.15, 0.2) is 0 Å². The Morgan fingerprint density at radius 3 is 2.47 bits per heavy atom. The standard InChI is InChI=1S/C17H16N2/c1-14-7-5-6-10-17(14)16-11-18-19(13-16)12-15-8-3-2-4-9-15/h2-11,13H,12H2,1H3. The fraction of sp³-hybridized carbons (Fsp3) is 0.118. The molecular formula is C17H16N2. The molecule has 0 saturated heterocycles. The van der Waals surface area contributed by atoms with Gasteiger partial charge in [-0.05, 0) is 23.6 Å². The van der Waals surface area contributed by atoms with Crippen LogP contribution in [0.25, 0.3) is 11.1 Å². The lowest BCUT2D eigenvalue weighted by atomic mass is 10.0. The van der Waals surface area contributed by atoms with E-state index in [1.807, 2.05) is 16.9 Å². The number of aryl methyl sites for hydroxylation is 1. The summed E-state index contributed by atoms with van der Waals surface area (Å²) in [5.74, 6) is 0. The SMILES string of the molecule is Cc1ccccc1-c1cnn(Cc2ccccc2)c1. The van der Waals surface area contributed by atoms with Crippen molar-refractivity contribution in [1.29, 1.82) is 0 Å². The third-order valence-electron chi connectivity index (χ3n) is 3.28. The number of benzene rings is 2. The van der Waals surface area contributed by atoms with Crippen molar-refractivity contribution in [3.63, 3.8) is 0 Å². The van der Waals surface area contributed by atoms with Gasteiger partial charge in [0.25, 0.3) is 0 Å². The van der Waals surface area contributed by atoms with Gasteiger partial charge >= 0.3 is 0 Å². The van der Waals surface area contributed by atoms with E-state index in [0.717, 1.165) is 6.54 Å². The van der Waals surface area contributed by atoms with E-state index in [2.05, 4.69) is 66.8 Å². The molecule has 0 bridgehead atoms. The minimum absolute atomic E-state index is 0.812. The fourth-order valence-electron chi connectivity index (χ4n) is 2.26. The summed E-state index contributed by atoms with van der Waals surface area (Å²) in [5.41, 5.74) is 4.97. The Labute approximate surface area is 113 Å². The van der Waals surface area contributed by atoms with Gasteiger partial charge in [-0.3, -0.25) is 4.68 Å². The Bertz CT molecular complexity index is 668. The zero-order valence-electron chi connectivity index (χ0n) is 11.0. The maximum absolute atomic E-state index is 4.45.